The van der Waals surface area contributed by atoms with E-state index in [2.05, 4.69) is 5.10 Å². The maximum Gasteiger partial charge on any atom is 0.258 e. The maximum absolute atomic E-state index is 13.1. The van der Waals surface area contributed by atoms with Crippen LogP contribution in [0.4, 0.5) is 10.1 Å². The third-order valence-electron chi connectivity index (χ3n) is 3.80. The second-order valence-corrected chi connectivity index (χ2v) is 5.43. The summed E-state index contributed by atoms with van der Waals surface area (Å²) in [6, 6.07) is 15.3. The van der Waals surface area contributed by atoms with Gasteiger partial charge in [-0.25, -0.2) is 4.39 Å². The lowest BCUT2D eigenvalue weighted by atomic mass is 10.1. The van der Waals surface area contributed by atoms with Crippen LogP contribution in [0.5, 0.6) is 0 Å². The Balaban J connectivity index is 1.76. The fourth-order valence-corrected chi connectivity index (χ4v) is 2.55. The van der Waals surface area contributed by atoms with Crippen molar-refractivity contribution < 1.29 is 9.18 Å². The minimum Gasteiger partial charge on any atom is -0.309 e. The van der Waals surface area contributed by atoms with Gasteiger partial charge in [0.05, 0.1) is 6.54 Å². The molecule has 0 saturated heterocycles. The van der Waals surface area contributed by atoms with Crippen molar-refractivity contribution in [2.24, 2.45) is 0 Å². The first-order valence-corrected chi connectivity index (χ1v) is 7.81. The molecular weight excluding hydrogens is 305 g/mol. The van der Waals surface area contributed by atoms with E-state index in [1.807, 2.05) is 48.1 Å². The summed E-state index contributed by atoms with van der Waals surface area (Å²) in [6.45, 7) is 3.07. The van der Waals surface area contributed by atoms with Gasteiger partial charge in [-0.1, -0.05) is 12.1 Å². The second kappa shape index (κ2) is 7.08. The minimum absolute atomic E-state index is 0.102. The number of hydrogen-bond acceptors (Lipinski definition) is 2. The van der Waals surface area contributed by atoms with Crippen LogP contribution < -0.4 is 4.90 Å². The molecule has 0 N–H and O–H groups in total. The van der Waals surface area contributed by atoms with Crippen molar-refractivity contribution in [3.8, 4) is 0 Å². The molecule has 0 aliphatic heterocycles. The highest BCUT2D eigenvalue weighted by molar-refractivity contribution is 6.06. The summed E-state index contributed by atoms with van der Waals surface area (Å²) >= 11 is 0. The zero-order valence-corrected chi connectivity index (χ0v) is 13.4. The molecule has 4 nitrogen and oxygen atoms in total. The molecule has 0 atom stereocenters. The summed E-state index contributed by atoms with van der Waals surface area (Å²) in [5.41, 5.74) is 2.36. The molecule has 1 heterocycles. The zero-order valence-electron chi connectivity index (χ0n) is 13.4. The quantitative estimate of drug-likeness (QED) is 0.717. The first-order valence-electron chi connectivity index (χ1n) is 7.81. The van der Waals surface area contributed by atoms with Crippen LogP contribution in [-0.4, -0.2) is 22.2 Å². The molecule has 0 fully saturated rings. The van der Waals surface area contributed by atoms with E-state index in [1.54, 1.807) is 23.2 Å². The van der Waals surface area contributed by atoms with Gasteiger partial charge in [-0.3, -0.25) is 9.48 Å². The third kappa shape index (κ3) is 3.51. The Morgan fingerprint density at radius 2 is 1.83 bits per heavy atom. The minimum atomic E-state index is -0.315. The van der Waals surface area contributed by atoms with Crippen molar-refractivity contribution in [1.29, 1.82) is 0 Å². The number of rotatable bonds is 5. The molecule has 0 aliphatic rings. The van der Waals surface area contributed by atoms with Crippen LogP contribution in [0.25, 0.3) is 0 Å². The topological polar surface area (TPSA) is 38.1 Å². The molecule has 0 bridgehead atoms. The SMILES string of the molecule is CCN(C(=O)c1ccc(Cn2cccn2)cc1)c1ccc(F)cc1. The van der Waals surface area contributed by atoms with Gasteiger partial charge in [-0.05, 0) is 55.0 Å². The normalized spacial score (nSPS) is 10.6. The zero-order chi connectivity index (χ0) is 16.9. The molecule has 24 heavy (non-hydrogen) atoms. The number of halogens is 1. The number of benzene rings is 2. The Labute approximate surface area is 140 Å². The Hall–Kier alpha value is -2.95. The number of carbonyl (C=O) groups is 1. The van der Waals surface area contributed by atoms with Crippen molar-refractivity contribution in [3.63, 3.8) is 0 Å². The first-order chi connectivity index (χ1) is 11.7. The van der Waals surface area contributed by atoms with Crippen molar-refractivity contribution >= 4 is 11.6 Å². The third-order valence-corrected chi connectivity index (χ3v) is 3.80. The van der Waals surface area contributed by atoms with Crippen molar-refractivity contribution in [1.82, 2.24) is 9.78 Å². The van der Waals surface area contributed by atoms with Crippen LogP contribution in [0, 0.1) is 5.82 Å². The molecule has 0 saturated carbocycles. The van der Waals surface area contributed by atoms with Crippen LogP contribution >= 0.6 is 0 Å². The monoisotopic (exact) mass is 323 g/mol. The van der Waals surface area contributed by atoms with E-state index in [0.717, 1.165) is 5.56 Å². The molecule has 2 aromatic carbocycles. The molecule has 3 rings (SSSR count). The number of anilines is 1. The Morgan fingerprint density at radius 1 is 1.12 bits per heavy atom. The predicted octanol–water partition coefficient (Wildman–Crippen LogP) is 3.74. The van der Waals surface area contributed by atoms with Gasteiger partial charge < -0.3 is 4.90 Å². The lowest BCUT2D eigenvalue weighted by Gasteiger charge is -2.21. The van der Waals surface area contributed by atoms with E-state index in [0.29, 0.717) is 24.3 Å². The lowest BCUT2D eigenvalue weighted by molar-refractivity contribution is 0.0988. The van der Waals surface area contributed by atoms with Gasteiger partial charge in [0.15, 0.2) is 0 Å². The molecule has 0 radical (unpaired) electrons. The van der Waals surface area contributed by atoms with E-state index in [4.69, 9.17) is 0 Å². The van der Waals surface area contributed by atoms with E-state index in [9.17, 15) is 9.18 Å². The molecule has 122 valence electrons. The molecule has 1 aromatic heterocycles. The van der Waals surface area contributed by atoms with Gasteiger partial charge in [0, 0.05) is 30.2 Å². The highest BCUT2D eigenvalue weighted by Crippen LogP contribution is 2.18. The largest absolute Gasteiger partial charge is 0.309 e. The number of aromatic nitrogens is 2. The van der Waals surface area contributed by atoms with E-state index in [-0.39, 0.29) is 11.7 Å². The number of hydrogen-bond donors (Lipinski definition) is 0. The second-order valence-electron chi connectivity index (χ2n) is 5.43. The van der Waals surface area contributed by atoms with Crippen LogP contribution in [0.1, 0.15) is 22.8 Å². The summed E-state index contributed by atoms with van der Waals surface area (Å²) in [5, 5.41) is 4.17. The predicted molar refractivity (Wildman–Crippen MR) is 91.5 cm³/mol. The van der Waals surface area contributed by atoms with E-state index < -0.39 is 0 Å². The molecule has 3 aromatic rings. The van der Waals surface area contributed by atoms with Gasteiger partial charge in [0.1, 0.15) is 5.82 Å². The summed E-state index contributed by atoms with van der Waals surface area (Å²) in [7, 11) is 0. The van der Waals surface area contributed by atoms with Gasteiger partial charge in [-0.2, -0.15) is 5.10 Å². The summed E-state index contributed by atoms with van der Waals surface area (Å²) in [4.78, 5) is 14.3. The van der Waals surface area contributed by atoms with Gasteiger partial charge in [-0.15, -0.1) is 0 Å². The van der Waals surface area contributed by atoms with Crippen molar-refractivity contribution in [2.75, 3.05) is 11.4 Å². The molecule has 1 amide bonds. The van der Waals surface area contributed by atoms with Crippen LogP contribution in [0.2, 0.25) is 0 Å². The first kappa shape index (κ1) is 15.9. The van der Waals surface area contributed by atoms with Gasteiger partial charge in [0.2, 0.25) is 0 Å². The fourth-order valence-electron chi connectivity index (χ4n) is 2.55. The standard InChI is InChI=1S/C19H18FN3O/c1-2-23(18-10-8-17(20)9-11-18)19(24)16-6-4-15(5-7-16)14-22-13-3-12-21-22/h3-13H,2,14H2,1H3. The number of nitrogens with zero attached hydrogens (tertiary/aromatic N) is 3. The summed E-state index contributed by atoms with van der Waals surface area (Å²) in [5.74, 6) is -0.417. The molecule has 5 heteroatoms. The fraction of sp³-hybridized carbons (Fsp3) is 0.158. The lowest BCUT2D eigenvalue weighted by Crippen LogP contribution is -2.30. The Kier molecular flexibility index (Phi) is 4.70. The van der Waals surface area contributed by atoms with E-state index >= 15 is 0 Å². The molecule has 0 unspecified atom stereocenters. The van der Waals surface area contributed by atoms with Crippen LogP contribution in [-0.2, 0) is 6.54 Å². The van der Waals surface area contributed by atoms with Gasteiger partial charge >= 0.3 is 0 Å². The van der Waals surface area contributed by atoms with Crippen molar-refractivity contribution in [2.45, 2.75) is 13.5 Å². The maximum atomic E-state index is 13.1. The van der Waals surface area contributed by atoms with Gasteiger partial charge in [0.25, 0.3) is 5.91 Å². The van der Waals surface area contributed by atoms with Crippen LogP contribution in [0.15, 0.2) is 67.0 Å². The summed E-state index contributed by atoms with van der Waals surface area (Å²) < 4.78 is 14.9. The van der Waals surface area contributed by atoms with Crippen LogP contribution in [0.3, 0.4) is 0 Å². The summed E-state index contributed by atoms with van der Waals surface area (Å²) in [6.07, 6.45) is 3.63. The Morgan fingerprint density at radius 3 is 2.42 bits per heavy atom. The van der Waals surface area contributed by atoms with E-state index in [1.165, 1.54) is 12.1 Å². The number of amides is 1. The molecule has 0 aliphatic carbocycles. The molecular formula is C19H18FN3O. The average molecular weight is 323 g/mol. The smallest absolute Gasteiger partial charge is 0.258 e. The van der Waals surface area contributed by atoms with Crippen molar-refractivity contribution in [3.05, 3.63) is 83.9 Å². The highest BCUT2D eigenvalue weighted by atomic mass is 19.1. The Bertz CT molecular complexity index is 796. The molecule has 0 spiro atoms. The highest BCUT2D eigenvalue weighted by Gasteiger charge is 2.16. The number of carbonyl (C=O) groups excluding carboxylic acids is 1. The average Bonchev–Trinajstić information content (AvgIpc) is 3.11.